The van der Waals surface area contributed by atoms with Crippen LogP contribution in [0.1, 0.15) is 39.4 Å². The third-order valence-electron chi connectivity index (χ3n) is 3.94. The molecule has 2 heterocycles. The first-order chi connectivity index (χ1) is 11.6. The number of benzene rings is 1. The van der Waals surface area contributed by atoms with Gasteiger partial charge in [0.1, 0.15) is 17.2 Å². The third kappa shape index (κ3) is 3.76. The number of pyridine rings is 1. The molecule has 1 aromatic heterocycles. The molecule has 1 aliphatic heterocycles. The monoisotopic (exact) mass is 327 g/mol. The summed E-state index contributed by atoms with van der Waals surface area (Å²) in [5, 5.41) is 2.69. The number of rotatable bonds is 4. The van der Waals surface area contributed by atoms with Crippen molar-refractivity contribution in [1.82, 2.24) is 15.2 Å². The van der Waals surface area contributed by atoms with Crippen molar-refractivity contribution in [2.75, 3.05) is 13.1 Å². The Kier molecular flexibility index (Phi) is 4.84. The number of likely N-dealkylation sites (tertiary alicyclic amines) is 1. The lowest BCUT2D eigenvalue weighted by Crippen LogP contribution is -2.30. The van der Waals surface area contributed by atoms with Crippen LogP contribution in [0.25, 0.3) is 0 Å². The van der Waals surface area contributed by atoms with Gasteiger partial charge in [0.05, 0.1) is 0 Å². The van der Waals surface area contributed by atoms with Gasteiger partial charge in [-0.05, 0) is 42.7 Å². The minimum absolute atomic E-state index is 0.146. The zero-order valence-electron chi connectivity index (χ0n) is 13.2. The molecular formula is C18H18FN3O2. The Morgan fingerprint density at radius 3 is 2.54 bits per heavy atom. The van der Waals surface area contributed by atoms with Gasteiger partial charge in [-0.3, -0.25) is 9.59 Å². The normalized spacial score (nSPS) is 13.8. The lowest BCUT2D eigenvalue weighted by Gasteiger charge is -2.14. The maximum atomic E-state index is 13.1. The van der Waals surface area contributed by atoms with Gasteiger partial charge in [-0.25, -0.2) is 9.37 Å². The molecule has 0 atom stereocenters. The fraction of sp³-hybridized carbons (Fsp3) is 0.278. The van der Waals surface area contributed by atoms with E-state index in [2.05, 4.69) is 10.3 Å². The van der Waals surface area contributed by atoms with Crippen molar-refractivity contribution in [3.63, 3.8) is 0 Å². The van der Waals surface area contributed by atoms with Gasteiger partial charge in [-0.15, -0.1) is 0 Å². The van der Waals surface area contributed by atoms with E-state index in [1.54, 1.807) is 35.2 Å². The van der Waals surface area contributed by atoms with Crippen LogP contribution in [-0.2, 0) is 6.54 Å². The smallest absolute Gasteiger partial charge is 0.272 e. The van der Waals surface area contributed by atoms with Gasteiger partial charge >= 0.3 is 0 Å². The molecule has 2 aromatic rings. The van der Waals surface area contributed by atoms with Crippen LogP contribution in [0, 0.1) is 5.82 Å². The lowest BCUT2D eigenvalue weighted by molar-refractivity contribution is 0.0787. The average Bonchev–Trinajstić information content (AvgIpc) is 3.14. The number of carbonyl (C=O) groups is 2. The predicted molar refractivity (Wildman–Crippen MR) is 86.9 cm³/mol. The van der Waals surface area contributed by atoms with E-state index in [0.29, 0.717) is 5.56 Å². The summed E-state index contributed by atoms with van der Waals surface area (Å²) in [7, 11) is 0. The summed E-state index contributed by atoms with van der Waals surface area (Å²) in [6.45, 7) is 1.66. The Hall–Kier alpha value is -2.76. The van der Waals surface area contributed by atoms with Crippen LogP contribution in [-0.4, -0.2) is 34.8 Å². The topological polar surface area (TPSA) is 62.3 Å². The Balaban J connectivity index is 1.66. The SMILES string of the molecule is O=C(NCc1cccc(F)c1)c1cccc(C(=O)N2CCCC2)n1. The van der Waals surface area contributed by atoms with Gasteiger partial charge in [0, 0.05) is 19.6 Å². The molecule has 2 amide bonds. The molecule has 3 rings (SSSR count). The predicted octanol–water partition coefficient (Wildman–Crippen LogP) is 2.39. The number of hydrogen-bond donors (Lipinski definition) is 1. The molecule has 6 heteroatoms. The van der Waals surface area contributed by atoms with Crippen LogP contribution < -0.4 is 5.32 Å². The maximum Gasteiger partial charge on any atom is 0.272 e. The Labute approximate surface area is 139 Å². The number of nitrogens with zero attached hydrogens (tertiary/aromatic N) is 2. The van der Waals surface area contributed by atoms with Crippen molar-refractivity contribution >= 4 is 11.8 Å². The second kappa shape index (κ2) is 7.21. The molecule has 124 valence electrons. The first-order valence-corrected chi connectivity index (χ1v) is 7.92. The van der Waals surface area contributed by atoms with Gasteiger partial charge in [0.15, 0.2) is 0 Å². The zero-order chi connectivity index (χ0) is 16.9. The highest BCUT2D eigenvalue weighted by Crippen LogP contribution is 2.12. The Morgan fingerprint density at radius 2 is 1.79 bits per heavy atom. The molecular weight excluding hydrogens is 309 g/mol. The fourth-order valence-electron chi connectivity index (χ4n) is 2.68. The molecule has 1 saturated heterocycles. The molecule has 0 spiro atoms. The first-order valence-electron chi connectivity index (χ1n) is 7.92. The van der Waals surface area contributed by atoms with Crippen LogP contribution in [0.3, 0.4) is 0 Å². The number of carbonyl (C=O) groups excluding carboxylic acids is 2. The summed E-state index contributed by atoms with van der Waals surface area (Å²) in [6.07, 6.45) is 2.00. The van der Waals surface area contributed by atoms with E-state index >= 15 is 0 Å². The van der Waals surface area contributed by atoms with Crippen LogP contribution in [0.5, 0.6) is 0 Å². The first kappa shape index (κ1) is 16.1. The summed E-state index contributed by atoms with van der Waals surface area (Å²) in [6, 6.07) is 10.8. The van der Waals surface area contributed by atoms with Crippen molar-refractivity contribution in [3.05, 3.63) is 65.2 Å². The number of hydrogen-bond acceptors (Lipinski definition) is 3. The van der Waals surface area contributed by atoms with Crippen LogP contribution in [0.2, 0.25) is 0 Å². The Morgan fingerprint density at radius 1 is 1.08 bits per heavy atom. The van der Waals surface area contributed by atoms with Crippen molar-refractivity contribution < 1.29 is 14.0 Å². The second-order valence-electron chi connectivity index (χ2n) is 5.72. The zero-order valence-corrected chi connectivity index (χ0v) is 13.2. The van der Waals surface area contributed by atoms with Crippen LogP contribution in [0.4, 0.5) is 4.39 Å². The third-order valence-corrected chi connectivity index (χ3v) is 3.94. The van der Waals surface area contributed by atoms with Gasteiger partial charge in [-0.2, -0.15) is 0 Å². The molecule has 1 aliphatic rings. The molecule has 1 fully saturated rings. The molecule has 5 nitrogen and oxygen atoms in total. The van der Waals surface area contributed by atoms with Gasteiger partial charge < -0.3 is 10.2 Å². The molecule has 0 radical (unpaired) electrons. The Bertz CT molecular complexity index is 757. The standard InChI is InChI=1S/C18H18FN3O2/c19-14-6-3-5-13(11-14)12-20-17(23)15-7-4-8-16(21-15)18(24)22-9-1-2-10-22/h3-8,11H,1-2,9-10,12H2,(H,20,23). The summed E-state index contributed by atoms with van der Waals surface area (Å²) >= 11 is 0. The van der Waals surface area contributed by atoms with E-state index in [-0.39, 0.29) is 29.7 Å². The number of halogens is 1. The summed E-state index contributed by atoms with van der Waals surface area (Å²) in [5.74, 6) is -0.888. The minimum Gasteiger partial charge on any atom is -0.347 e. The van der Waals surface area contributed by atoms with E-state index in [9.17, 15) is 14.0 Å². The molecule has 0 saturated carbocycles. The molecule has 0 bridgehead atoms. The van der Waals surface area contributed by atoms with Crippen molar-refractivity contribution in [2.45, 2.75) is 19.4 Å². The fourth-order valence-corrected chi connectivity index (χ4v) is 2.68. The largest absolute Gasteiger partial charge is 0.347 e. The summed E-state index contributed by atoms with van der Waals surface area (Å²) < 4.78 is 13.1. The molecule has 1 aromatic carbocycles. The van der Waals surface area contributed by atoms with Crippen molar-refractivity contribution in [2.24, 2.45) is 0 Å². The van der Waals surface area contributed by atoms with E-state index in [4.69, 9.17) is 0 Å². The number of nitrogens with one attached hydrogen (secondary N) is 1. The van der Waals surface area contributed by atoms with Gasteiger partial charge in [-0.1, -0.05) is 18.2 Å². The van der Waals surface area contributed by atoms with Gasteiger partial charge in [0.2, 0.25) is 0 Å². The lowest BCUT2D eigenvalue weighted by atomic mass is 10.2. The number of aromatic nitrogens is 1. The molecule has 0 aliphatic carbocycles. The van der Waals surface area contributed by atoms with Gasteiger partial charge in [0.25, 0.3) is 11.8 Å². The molecule has 0 unspecified atom stereocenters. The van der Waals surface area contributed by atoms with Crippen molar-refractivity contribution in [1.29, 1.82) is 0 Å². The quantitative estimate of drug-likeness (QED) is 0.938. The summed E-state index contributed by atoms with van der Waals surface area (Å²) in [5.41, 5.74) is 1.11. The van der Waals surface area contributed by atoms with Crippen LogP contribution in [0.15, 0.2) is 42.5 Å². The van der Waals surface area contributed by atoms with E-state index in [0.717, 1.165) is 25.9 Å². The van der Waals surface area contributed by atoms with Crippen LogP contribution >= 0.6 is 0 Å². The summed E-state index contributed by atoms with van der Waals surface area (Å²) in [4.78, 5) is 30.5. The molecule has 1 N–H and O–H groups in total. The van der Waals surface area contributed by atoms with Crippen molar-refractivity contribution in [3.8, 4) is 0 Å². The highest BCUT2D eigenvalue weighted by atomic mass is 19.1. The molecule has 24 heavy (non-hydrogen) atoms. The number of amides is 2. The van der Waals surface area contributed by atoms with E-state index < -0.39 is 5.91 Å². The van der Waals surface area contributed by atoms with E-state index in [1.807, 2.05) is 0 Å². The average molecular weight is 327 g/mol. The second-order valence-corrected chi connectivity index (χ2v) is 5.72. The minimum atomic E-state index is -0.393. The van der Waals surface area contributed by atoms with E-state index in [1.165, 1.54) is 12.1 Å². The highest BCUT2D eigenvalue weighted by Gasteiger charge is 2.21. The maximum absolute atomic E-state index is 13.1. The highest BCUT2D eigenvalue weighted by molar-refractivity contribution is 5.96.